The molecule has 0 bridgehead atoms. The van der Waals surface area contributed by atoms with E-state index in [1.807, 2.05) is 0 Å². The van der Waals surface area contributed by atoms with Crippen molar-refractivity contribution in [3.05, 3.63) is 28.3 Å². The molecule has 0 aromatic heterocycles. The Kier molecular flexibility index (Phi) is 3.53. The lowest BCUT2D eigenvalue weighted by atomic mass is 9.86. The summed E-state index contributed by atoms with van der Waals surface area (Å²) in [5.74, 6) is 1.15. The van der Waals surface area contributed by atoms with Gasteiger partial charge in [-0.15, -0.1) is 0 Å². The molecule has 0 aliphatic carbocycles. The standard InChI is InChI=1S/C15H21BrO/c1-10-9-11(2)13-5-6-15(4,7-8-16)17-14(13)12(10)3/h9H,5-8H2,1-4H3/t15-/m1/s1. The van der Waals surface area contributed by atoms with Crippen LogP contribution in [0.4, 0.5) is 0 Å². The van der Waals surface area contributed by atoms with E-state index >= 15 is 0 Å². The number of halogens is 1. The van der Waals surface area contributed by atoms with Crippen molar-refractivity contribution in [1.82, 2.24) is 0 Å². The molecule has 17 heavy (non-hydrogen) atoms. The second-order valence-electron chi connectivity index (χ2n) is 5.43. The zero-order chi connectivity index (χ0) is 12.6. The molecule has 1 heterocycles. The normalized spacial score (nSPS) is 23.1. The molecule has 1 atom stereocenters. The molecule has 0 saturated carbocycles. The summed E-state index contributed by atoms with van der Waals surface area (Å²) in [6, 6.07) is 2.28. The molecule has 1 aromatic rings. The van der Waals surface area contributed by atoms with Crippen molar-refractivity contribution in [2.75, 3.05) is 5.33 Å². The van der Waals surface area contributed by atoms with Crippen LogP contribution in [0.25, 0.3) is 0 Å². The van der Waals surface area contributed by atoms with Gasteiger partial charge in [-0.25, -0.2) is 0 Å². The SMILES string of the molecule is Cc1cc(C)c2c(c1C)O[C@@](C)(CCBr)CC2. The first-order valence-corrected chi connectivity index (χ1v) is 7.43. The lowest BCUT2D eigenvalue weighted by molar-refractivity contribution is 0.0615. The number of benzene rings is 1. The van der Waals surface area contributed by atoms with Crippen LogP contribution >= 0.6 is 15.9 Å². The van der Waals surface area contributed by atoms with Gasteiger partial charge in [0.25, 0.3) is 0 Å². The maximum absolute atomic E-state index is 6.32. The van der Waals surface area contributed by atoms with E-state index in [1.165, 1.54) is 22.3 Å². The highest BCUT2D eigenvalue weighted by molar-refractivity contribution is 9.09. The Morgan fingerprint density at radius 3 is 2.65 bits per heavy atom. The largest absolute Gasteiger partial charge is 0.487 e. The minimum atomic E-state index is 0.00148. The van der Waals surface area contributed by atoms with E-state index < -0.39 is 0 Å². The van der Waals surface area contributed by atoms with E-state index in [2.05, 4.69) is 49.7 Å². The van der Waals surface area contributed by atoms with Crippen LogP contribution in [0, 0.1) is 20.8 Å². The number of rotatable bonds is 2. The number of ether oxygens (including phenoxy) is 1. The Hall–Kier alpha value is -0.500. The first kappa shape index (κ1) is 12.9. The minimum Gasteiger partial charge on any atom is -0.487 e. The van der Waals surface area contributed by atoms with Gasteiger partial charge in [0.15, 0.2) is 0 Å². The van der Waals surface area contributed by atoms with Crippen molar-refractivity contribution in [3.8, 4) is 5.75 Å². The molecular weight excluding hydrogens is 276 g/mol. The van der Waals surface area contributed by atoms with Gasteiger partial charge in [-0.05, 0) is 69.2 Å². The Labute approximate surface area is 113 Å². The Morgan fingerprint density at radius 1 is 1.29 bits per heavy atom. The van der Waals surface area contributed by atoms with Crippen molar-refractivity contribution < 1.29 is 4.74 Å². The van der Waals surface area contributed by atoms with Gasteiger partial charge < -0.3 is 4.74 Å². The van der Waals surface area contributed by atoms with Gasteiger partial charge in [-0.2, -0.15) is 0 Å². The number of hydrogen-bond acceptors (Lipinski definition) is 1. The predicted octanol–water partition coefficient (Wildman–Crippen LogP) is 4.48. The van der Waals surface area contributed by atoms with Gasteiger partial charge in [0.05, 0.1) is 0 Å². The lowest BCUT2D eigenvalue weighted by Crippen LogP contribution is -2.37. The molecular formula is C15H21BrO. The van der Waals surface area contributed by atoms with Crippen molar-refractivity contribution in [1.29, 1.82) is 0 Å². The number of fused-ring (bicyclic) bond motifs is 1. The summed E-state index contributed by atoms with van der Waals surface area (Å²) in [6.07, 6.45) is 3.33. The summed E-state index contributed by atoms with van der Waals surface area (Å²) in [7, 11) is 0. The number of aryl methyl sites for hydroxylation is 2. The van der Waals surface area contributed by atoms with Crippen LogP contribution in [0.2, 0.25) is 0 Å². The topological polar surface area (TPSA) is 9.23 Å². The Balaban J connectivity index is 2.43. The fourth-order valence-electron chi connectivity index (χ4n) is 2.62. The Morgan fingerprint density at radius 2 is 2.00 bits per heavy atom. The second kappa shape index (κ2) is 4.64. The molecule has 0 amide bonds. The maximum Gasteiger partial charge on any atom is 0.126 e. The highest BCUT2D eigenvalue weighted by Crippen LogP contribution is 2.40. The highest BCUT2D eigenvalue weighted by atomic mass is 79.9. The third-order valence-corrected chi connectivity index (χ3v) is 4.39. The lowest BCUT2D eigenvalue weighted by Gasteiger charge is -2.37. The molecule has 0 spiro atoms. The zero-order valence-corrected chi connectivity index (χ0v) is 12.8. The van der Waals surface area contributed by atoms with Crippen LogP contribution < -0.4 is 4.74 Å². The summed E-state index contributed by atoms with van der Waals surface area (Å²) in [5.41, 5.74) is 5.45. The molecule has 2 heteroatoms. The van der Waals surface area contributed by atoms with Crippen LogP contribution in [-0.2, 0) is 6.42 Å². The Bertz CT molecular complexity index is 439. The number of hydrogen-bond donors (Lipinski definition) is 0. The molecule has 0 radical (unpaired) electrons. The average Bonchev–Trinajstić information content (AvgIpc) is 2.26. The summed E-state index contributed by atoms with van der Waals surface area (Å²) >= 11 is 3.53. The average molecular weight is 297 g/mol. The maximum atomic E-state index is 6.32. The fourth-order valence-corrected chi connectivity index (χ4v) is 3.45. The van der Waals surface area contributed by atoms with Gasteiger partial charge in [-0.3, -0.25) is 0 Å². The summed E-state index contributed by atoms with van der Waals surface area (Å²) < 4.78 is 6.32. The zero-order valence-electron chi connectivity index (χ0n) is 11.2. The van der Waals surface area contributed by atoms with Gasteiger partial charge in [0.2, 0.25) is 0 Å². The molecule has 1 nitrogen and oxygen atoms in total. The molecule has 0 N–H and O–H groups in total. The molecule has 1 aliphatic rings. The van der Waals surface area contributed by atoms with Crippen LogP contribution in [-0.4, -0.2) is 10.9 Å². The molecule has 94 valence electrons. The smallest absolute Gasteiger partial charge is 0.126 e. The molecule has 0 saturated heterocycles. The van der Waals surface area contributed by atoms with Gasteiger partial charge >= 0.3 is 0 Å². The first-order chi connectivity index (χ1) is 7.97. The minimum absolute atomic E-state index is 0.00148. The van der Waals surface area contributed by atoms with E-state index in [4.69, 9.17) is 4.74 Å². The summed E-state index contributed by atoms with van der Waals surface area (Å²) in [4.78, 5) is 0. The van der Waals surface area contributed by atoms with Crippen LogP contribution in [0.1, 0.15) is 42.0 Å². The van der Waals surface area contributed by atoms with Gasteiger partial charge in [-0.1, -0.05) is 22.0 Å². The second-order valence-corrected chi connectivity index (χ2v) is 6.23. The predicted molar refractivity (Wildman–Crippen MR) is 76.4 cm³/mol. The number of alkyl halides is 1. The van der Waals surface area contributed by atoms with Crippen molar-refractivity contribution >= 4 is 15.9 Å². The summed E-state index contributed by atoms with van der Waals surface area (Å²) in [5, 5.41) is 1.00. The van der Waals surface area contributed by atoms with E-state index in [9.17, 15) is 0 Å². The van der Waals surface area contributed by atoms with Crippen LogP contribution in [0.3, 0.4) is 0 Å². The third kappa shape index (κ3) is 2.37. The van der Waals surface area contributed by atoms with E-state index in [0.29, 0.717) is 0 Å². The molecule has 1 aliphatic heterocycles. The van der Waals surface area contributed by atoms with Crippen LogP contribution in [0.5, 0.6) is 5.75 Å². The van der Waals surface area contributed by atoms with Gasteiger partial charge in [0.1, 0.15) is 11.4 Å². The van der Waals surface area contributed by atoms with E-state index in [0.717, 1.165) is 30.3 Å². The monoisotopic (exact) mass is 296 g/mol. The van der Waals surface area contributed by atoms with E-state index in [-0.39, 0.29) is 5.60 Å². The first-order valence-electron chi connectivity index (χ1n) is 6.31. The van der Waals surface area contributed by atoms with Crippen molar-refractivity contribution in [2.45, 2.75) is 52.6 Å². The van der Waals surface area contributed by atoms with Gasteiger partial charge in [0, 0.05) is 5.33 Å². The fraction of sp³-hybridized carbons (Fsp3) is 0.600. The van der Waals surface area contributed by atoms with E-state index in [1.54, 1.807) is 0 Å². The quantitative estimate of drug-likeness (QED) is 0.731. The third-order valence-electron chi connectivity index (χ3n) is 3.99. The van der Waals surface area contributed by atoms with Crippen molar-refractivity contribution in [3.63, 3.8) is 0 Å². The molecule has 2 rings (SSSR count). The summed E-state index contributed by atoms with van der Waals surface area (Å²) in [6.45, 7) is 8.77. The highest BCUT2D eigenvalue weighted by Gasteiger charge is 2.32. The van der Waals surface area contributed by atoms with Crippen LogP contribution in [0.15, 0.2) is 6.07 Å². The molecule has 0 fully saturated rings. The molecule has 1 aromatic carbocycles. The van der Waals surface area contributed by atoms with Crippen molar-refractivity contribution in [2.24, 2.45) is 0 Å². The molecule has 0 unspecified atom stereocenters.